The zero-order valence-corrected chi connectivity index (χ0v) is 18.0. The predicted molar refractivity (Wildman–Crippen MR) is 117 cm³/mol. The molecule has 0 spiro atoms. The summed E-state index contributed by atoms with van der Waals surface area (Å²) in [4.78, 5) is 12.1. The largest absolute Gasteiger partial charge is 0.335 e. The van der Waals surface area contributed by atoms with Gasteiger partial charge >= 0.3 is 0 Å². The molecule has 31 heavy (non-hydrogen) atoms. The molecule has 0 aliphatic carbocycles. The van der Waals surface area contributed by atoms with Crippen molar-refractivity contribution in [1.82, 2.24) is 25.1 Å². The Morgan fingerprint density at radius 1 is 1.16 bits per heavy atom. The highest BCUT2D eigenvalue weighted by Gasteiger charge is 2.17. The van der Waals surface area contributed by atoms with Crippen LogP contribution < -0.4 is 11.2 Å². The van der Waals surface area contributed by atoms with Crippen LogP contribution in [0.1, 0.15) is 0 Å². The molecule has 8 nitrogen and oxygen atoms in total. The lowest BCUT2D eigenvalue weighted by Crippen LogP contribution is -2.17. The number of benzene rings is 2. The number of nitrogen functional groups attached to an aromatic ring is 1. The van der Waals surface area contributed by atoms with Gasteiger partial charge in [-0.05, 0) is 48.5 Å². The Balaban J connectivity index is 1.42. The molecular weight excluding hydrogens is 492 g/mol. The molecule has 158 valence electrons. The fraction of sp³-hybridized carbons (Fsp3) is 0.0526. The SMILES string of the molecule is Nn1c(SCC(=O)Nc2ccc(Br)cc2F)nnc1-c1cc(-c2ccc(F)cc2)n[nH]1. The van der Waals surface area contributed by atoms with Gasteiger partial charge < -0.3 is 11.2 Å². The highest BCUT2D eigenvalue weighted by atomic mass is 79.9. The number of hydrogen-bond donors (Lipinski definition) is 3. The maximum atomic E-state index is 13.8. The van der Waals surface area contributed by atoms with Gasteiger partial charge in [-0.25, -0.2) is 13.5 Å². The maximum Gasteiger partial charge on any atom is 0.234 e. The number of halogens is 3. The lowest BCUT2D eigenvalue weighted by molar-refractivity contribution is -0.113. The van der Waals surface area contributed by atoms with Gasteiger partial charge in [0, 0.05) is 10.0 Å². The number of rotatable bonds is 6. The Kier molecular flexibility index (Phi) is 6.00. The van der Waals surface area contributed by atoms with Crippen LogP contribution in [0.4, 0.5) is 14.5 Å². The number of H-pyrrole nitrogens is 1. The van der Waals surface area contributed by atoms with Crippen LogP contribution in [-0.4, -0.2) is 36.7 Å². The van der Waals surface area contributed by atoms with Crippen molar-refractivity contribution in [3.8, 4) is 22.8 Å². The van der Waals surface area contributed by atoms with E-state index in [9.17, 15) is 13.6 Å². The van der Waals surface area contributed by atoms with E-state index in [0.29, 0.717) is 26.8 Å². The molecule has 0 unspecified atom stereocenters. The third-order valence-corrected chi connectivity index (χ3v) is 5.60. The summed E-state index contributed by atoms with van der Waals surface area (Å²) < 4.78 is 28.7. The Morgan fingerprint density at radius 3 is 2.68 bits per heavy atom. The number of anilines is 1. The summed E-state index contributed by atoms with van der Waals surface area (Å²) in [7, 11) is 0. The summed E-state index contributed by atoms with van der Waals surface area (Å²) in [5, 5.41) is 17.8. The molecular formula is C19H14BrF2N7OS. The smallest absolute Gasteiger partial charge is 0.234 e. The van der Waals surface area contributed by atoms with E-state index in [1.807, 2.05) is 0 Å². The molecule has 2 aromatic carbocycles. The van der Waals surface area contributed by atoms with Crippen LogP contribution in [0.3, 0.4) is 0 Å². The second kappa shape index (κ2) is 8.86. The number of nitrogens with one attached hydrogen (secondary N) is 2. The summed E-state index contributed by atoms with van der Waals surface area (Å²) in [6, 6.07) is 12.0. The summed E-state index contributed by atoms with van der Waals surface area (Å²) in [6.07, 6.45) is 0. The van der Waals surface area contributed by atoms with E-state index in [4.69, 9.17) is 5.84 Å². The van der Waals surface area contributed by atoms with Gasteiger partial charge in [-0.3, -0.25) is 9.89 Å². The summed E-state index contributed by atoms with van der Waals surface area (Å²) >= 11 is 4.21. The number of aromatic nitrogens is 5. The molecule has 0 saturated heterocycles. The number of nitrogens with two attached hydrogens (primary N) is 1. The van der Waals surface area contributed by atoms with Crippen molar-refractivity contribution in [2.45, 2.75) is 5.16 Å². The number of carbonyl (C=O) groups is 1. The number of aromatic amines is 1. The number of thioether (sulfide) groups is 1. The minimum atomic E-state index is -0.548. The van der Waals surface area contributed by atoms with Gasteiger partial charge in [-0.2, -0.15) is 5.10 Å². The lowest BCUT2D eigenvalue weighted by Gasteiger charge is -2.06. The second-order valence-corrected chi connectivity index (χ2v) is 8.17. The second-order valence-electron chi connectivity index (χ2n) is 6.31. The first kappa shape index (κ1) is 21.0. The summed E-state index contributed by atoms with van der Waals surface area (Å²) in [5.41, 5.74) is 1.89. The molecule has 0 atom stereocenters. The van der Waals surface area contributed by atoms with E-state index >= 15 is 0 Å². The van der Waals surface area contributed by atoms with Crippen molar-refractivity contribution >= 4 is 39.3 Å². The molecule has 12 heteroatoms. The van der Waals surface area contributed by atoms with E-state index < -0.39 is 11.7 Å². The fourth-order valence-electron chi connectivity index (χ4n) is 2.67. The van der Waals surface area contributed by atoms with E-state index in [2.05, 4.69) is 41.6 Å². The Hall–Kier alpha value is -3.25. The third kappa shape index (κ3) is 4.75. The molecule has 1 amide bonds. The van der Waals surface area contributed by atoms with Crippen LogP contribution in [0.2, 0.25) is 0 Å². The Labute approximate surface area is 187 Å². The van der Waals surface area contributed by atoms with Crippen molar-refractivity contribution in [3.05, 3.63) is 64.6 Å². The summed E-state index contributed by atoms with van der Waals surface area (Å²) in [6.45, 7) is 0. The van der Waals surface area contributed by atoms with Crippen LogP contribution in [0.25, 0.3) is 22.8 Å². The van der Waals surface area contributed by atoms with Gasteiger partial charge in [0.15, 0.2) is 0 Å². The van der Waals surface area contributed by atoms with Gasteiger partial charge in [-0.1, -0.05) is 27.7 Å². The first-order valence-electron chi connectivity index (χ1n) is 8.80. The fourth-order valence-corrected chi connectivity index (χ4v) is 3.66. The summed E-state index contributed by atoms with van der Waals surface area (Å²) in [5.74, 6) is 5.01. The molecule has 0 bridgehead atoms. The number of amides is 1. The average molecular weight is 506 g/mol. The van der Waals surface area contributed by atoms with E-state index in [-0.39, 0.29) is 17.3 Å². The van der Waals surface area contributed by atoms with Gasteiger partial charge in [0.1, 0.15) is 17.3 Å². The average Bonchev–Trinajstić information content (AvgIpc) is 3.36. The van der Waals surface area contributed by atoms with Crippen molar-refractivity contribution in [1.29, 1.82) is 0 Å². The van der Waals surface area contributed by atoms with E-state index in [1.165, 1.54) is 28.9 Å². The molecule has 2 aromatic heterocycles. The van der Waals surface area contributed by atoms with Crippen LogP contribution in [0.5, 0.6) is 0 Å². The highest BCUT2D eigenvalue weighted by Crippen LogP contribution is 2.25. The molecule has 4 N–H and O–H groups in total. The van der Waals surface area contributed by atoms with Crippen LogP contribution in [-0.2, 0) is 4.79 Å². The van der Waals surface area contributed by atoms with Crippen molar-refractivity contribution in [2.75, 3.05) is 16.9 Å². The standard InChI is InChI=1S/C19H14BrF2N7OS/c20-11-3-6-14(13(22)7-11)24-17(30)9-31-19-28-27-18(29(19)23)16-8-15(25-26-16)10-1-4-12(21)5-2-10/h1-8H,9,23H2,(H,24,30)(H,25,26). The topological polar surface area (TPSA) is 115 Å². The van der Waals surface area contributed by atoms with Crippen LogP contribution >= 0.6 is 27.7 Å². The molecule has 2 heterocycles. The van der Waals surface area contributed by atoms with E-state index in [0.717, 1.165) is 17.3 Å². The molecule has 0 saturated carbocycles. The van der Waals surface area contributed by atoms with Gasteiger partial charge in [0.2, 0.25) is 16.9 Å². The molecule has 0 aliphatic rings. The molecule has 4 rings (SSSR count). The molecule has 0 aliphatic heterocycles. The predicted octanol–water partition coefficient (Wildman–Crippen LogP) is 3.82. The van der Waals surface area contributed by atoms with Crippen molar-refractivity contribution in [3.63, 3.8) is 0 Å². The zero-order valence-electron chi connectivity index (χ0n) is 15.6. The van der Waals surface area contributed by atoms with Crippen LogP contribution in [0, 0.1) is 11.6 Å². The van der Waals surface area contributed by atoms with E-state index in [1.54, 1.807) is 24.3 Å². The number of hydrogen-bond acceptors (Lipinski definition) is 6. The minimum absolute atomic E-state index is 0.0470. The molecule has 0 radical (unpaired) electrons. The third-order valence-electron chi connectivity index (χ3n) is 4.16. The Morgan fingerprint density at radius 2 is 1.94 bits per heavy atom. The molecule has 4 aromatic rings. The van der Waals surface area contributed by atoms with Crippen LogP contribution in [0.15, 0.2) is 58.2 Å². The van der Waals surface area contributed by atoms with Crippen molar-refractivity contribution < 1.29 is 13.6 Å². The monoisotopic (exact) mass is 505 g/mol. The van der Waals surface area contributed by atoms with Gasteiger partial charge in [0.25, 0.3) is 0 Å². The lowest BCUT2D eigenvalue weighted by atomic mass is 10.1. The maximum absolute atomic E-state index is 13.8. The van der Waals surface area contributed by atoms with Crippen molar-refractivity contribution in [2.24, 2.45) is 0 Å². The van der Waals surface area contributed by atoms with Gasteiger partial charge in [0.05, 0.1) is 17.1 Å². The Bertz CT molecular complexity index is 1240. The first-order valence-corrected chi connectivity index (χ1v) is 10.6. The first-order chi connectivity index (χ1) is 14.9. The quantitative estimate of drug-likeness (QED) is 0.271. The highest BCUT2D eigenvalue weighted by molar-refractivity contribution is 9.10. The zero-order chi connectivity index (χ0) is 22.0. The van der Waals surface area contributed by atoms with Gasteiger partial charge in [-0.15, -0.1) is 10.2 Å². The normalized spacial score (nSPS) is 10.9. The number of nitrogens with zero attached hydrogens (tertiary/aromatic N) is 4. The number of carbonyl (C=O) groups excluding carboxylic acids is 1. The minimum Gasteiger partial charge on any atom is -0.335 e. The molecule has 0 fully saturated rings.